The largest absolute Gasteiger partial charge is 0.349 e. The van der Waals surface area contributed by atoms with E-state index in [1.54, 1.807) is 6.92 Å². The van der Waals surface area contributed by atoms with E-state index in [0.717, 1.165) is 15.5 Å². The van der Waals surface area contributed by atoms with Crippen molar-refractivity contribution in [3.63, 3.8) is 0 Å². The Morgan fingerprint density at radius 2 is 1.90 bits per heavy atom. The first-order valence-corrected chi connectivity index (χ1v) is 7.19. The minimum Gasteiger partial charge on any atom is -0.349 e. The molecule has 0 radical (unpaired) electrons. The molecule has 1 atom stereocenters. The second-order valence-corrected chi connectivity index (χ2v) is 5.66. The first kappa shape index (κ1) is 14.0. The van der Waals surface area contributed by atoms with Gasteiger partial charge in [-0.05, 0) is 37.3 Å². The fourth-order valence-electron chi connectivity index (χ4n) is 2.25. The van der Waals surface area contributed by atoms with E-state index in [4.69, 9.17) is 0 Å². The lowest BCUT2D eigenvalue weighted by molar-refractivity contribution is 0.543. The van der Waals surface area contributed by atoms with Crippen molar-refractivity contribution in [3.8, 4) is 0 Å². The Bertz CT molecular complexity index is 780. The molecule has 0 fully saturated rings. The van der Waals surface area contributed by atoms with Crippen molar-refractivity contribution in [1.29, 1.82) is 0 Å². The summed E-state index contributed by atoms with van der Waals surface area (Å²) in [6.45, 7) is 1.69. The maximum absolute atomic E-state index is 13.7. The van der Waals surface area contributed by atoms with E-state index in [1.807, 2.05) is 18.2 Å². The number of fused-ring (bicyclic) bond motifs is 1. The van der Waals surface area contributed by atoms with Gasteiger partial charge in [0.2, 0.25) is 5.95 Å². The third-order valence-electron chi connectivity index (χ3n) is 3.23. The summed E-state index contributed by atoms with van der Waals surface area (Å²) in [6, 6.07) is 8.91. The molecular weight excluding hydrogens is 340 g/mol. The lowest BCUT2D eigenvalue weighted by Gasteiger charge is -2.14. The molecule has 2 N–H and O–H groups in total. The van der Waals surface area contributed by atoms with Crippen LogP contribution in [0.4, 0.5) is 14.7 Å². The normalized spacial score (nSPS) is 12.6. The number of rotatable bonds is 3. The monoisotopic (exact) mass is 351 g/mol. The molecule has 6 heteroatoms. The smallest absolute Gasteiger partial charge is 0.201 e. The standard InChI is InChI=1S/C15H12BrF2N3/c1-8(14-10(17)3-2-4-11(14)18)19-15-20-12-6-5-9(16)7-13(12)21-15/h2-8H,1H3,(H2,19,20,21). The summed E-state index contributed by atoms with van der Waals surface area (Å²) in [7, 11) is 0. The number of hydrogen-bond acceptors (Lipinski definition) is 2. The minimum absolute atomic E-state index is 0.000799. The van der Waals surface area contributed by atoms with E-state index < -0.39 is 17.7 Å². The van der Waals surface area contributed by atoms with E-state index in [2.05, 4.69) is 31.2 Å². The molecule has 1 aromatic heterocycles. The zero-order valence-electron chi connectivity index (χ0n) is 11.1. The van der Waals surface area contributed by atoms with Crippen LogP contribution in [-0.2, 0) is 0 Å². The molecule has 3 nitrogen and oxygen atoms in total. The van der Waals surface area contributed by atoms with Gasteiger partial charge in [-0.25, -0.2) is 13.8 Å². The number of hydrogen-bond donors (Lipinski definition) is 2. The van der Waals surface area contributed by atoms with Gasteiger partial charge in [0.15, 0.2) is 0 Å². The van der Waals surface area contributed by atoms with Crippen molar-refractivity contribution in [2.24, 2.45) is 0 Å². The molecule has 0 bridgehead atoms. The van der Waals surface area contributed by atoms with Crippen LogP contribution in [0.15, 0.2) is 40.9 Å². The van der Waals surface area contributed by atoms with Gasteiger partial charge in [0.1, 0.15) is 11.6 Å². The van der Waals surface area contributed by atoms with Gasteiger partial charge in [-0.15, -0.1) is 0 Å². The van der Waals surface area contributed by atoms with Crippen LogP contribution < -0.4 is 5.32 Å². The van der Waals surface area contributed by atoms with Crippen molar-refractivity contribution < 1.29 is 8.78 Å². The van der Waals surface area contributed by atoms with Gasteiger partial charge in [-0.1, -0.05) is 22.0 Å². The van der Waals surface area contributed by atoms with Crippen molar-refractivity contribution in [2.45, 2.75) is 13.0 Å². The molecule has 1 heterocycles. The molecule has 0 aliphatic heterocycles. The van der Waals surface area contributed by atoms with Crippen molar-refractivity contribution in [3.05, 3.63) is 58.1 Å². The van der Waals surface area contributed by atoms with Crippen molar-refractivity contribution in [2.75, 3.05) is 5.32 Å². The molecule has 3 aromatic rings. The average molecular weight is 352 g/mol. The first-order chi connectivity index (χ1) is 10.0. The van der Waals surface area contributed by atoms with Gasteiger partial charge >= 0.3 is 0 Å². The Labute approximate surface area is 128 Å². The average Bonchev–Trinajstić information content (AvgIpc) is 2.79. The highest BCUT2D eigenvalue weighted by Gasteiger charge is 2.17. The number of benzene rings is 2. The highest BCUT2D eigenvalue weighted by molar-refractivity contribution is 9.10. The van der Waals surface area contributed by atoms with Crippen molar-refractivity contribution in [1.82, 2.24) is 9.97 Å². The molecule has 0 aliphatic rings. The molecule has 21 heavy (non-hydrogen) atoms. The lowest BCUT2D eigenvalue weighted by Crippen LogP contribution is -2.11. The van der Waals surface area contributed by atoms with E-state index in [1.165, 1.54) is 18.2 Å². The van der Waals surface area contributed by atoms with Gasteiger partial charge in [0, 0.05) is 10.0 Å². The maximum atomic E-state index is 13.7. The molecule has 3 rings (SSSR count). The van der Waals surface area contributed by atoms with E-state index >= 15 is 0 Å². The van der Waals surface area contributed by atoms with Crippen LogP contribution in [0.1, 0.15) is 18.5 Å². The zero-order chi connectivity index (χ0) is 15.0. The third kappa shape index (κ3) is 2.76. The summed E-state index contributed by atoms with van der Waals surface area (Å²) in [5, 5.41) is 2.99. The van der Waals surface area contributed by atoms with Crippen LogP contribution in [0.3, 0.4) is 0 Å². The molecule has 0 amide bonds. The fraction of sp³-hybridized carbons (Fsp3) is 0.133. The van der Waals surface area contributed by atoms with Gasteiger partial charge < -0.3 is 10.3 Å². The minimum atomic E-state index is -0.575. The zero-order valence-corrected chi connectivity index (χ0v) is 12.7. The topological polar surface area (TPSA) is 40.7 Å². The Morgan fingerprint density at radius 3 is 2.62 bits per heavy atom. The summed E-state index contributed by atoms with van der Waals surface area (Å²) in [5.74, 6) is -0.680. The van der Waals surface area contributed by atoms with Crippen LogP contribution in [0.2, 0.25) is 0 Å². The quantitative estimate of drug-likeness (QED) is 0.713. The van der Waals surface area contributed by atoms with Crippen LogP contribution in [0, 0.1) is 11.6 Å². The molecule has 0 saturated heterocycles. The molecule has 2 aromatic carbocycles. The van der Waals surface area contributed by atoms with Crippen molar-refractivity contribution >= 4 is 32.9 Å². The second-order valence-electron chi connectivity index (χ2n) is 4.75. The van der Waals surface area contributed by atoms with Gasteiger partial charge in [0.05, 0.1) is 17.1 Å². The highest BCUT2D eigenvalue weighted by atomic mass is 79.9. The number of anilines is 1. The fourth-order valence-corrected chi connectivity index (χ4v) is 2.61. The molecule has 0 spiro atoms. The van der Waals surface area contributed by atoms with Crippen LogP contribution >= 0.6 is 15.9 Å². The van der Waals surface area contributed by atoms with Gasteiger partial charge in [-0.2, -0.15) is 0 Å². The summed E-state index contributed by atoms with van der Waals surface area (Å²) in [5.41, 5.74) is 1.62. The summed E-state index contributed by atoms with van der Waals surface area (Å²) in [4.78, 5) is 7.43. The molecular formula is C15H12BrF2N3. The number of nitrogens with zero attached hydrogens (tertiary/aromatic N) is 1. The van der Waals surface area contributed by atoms with E-state index in [0.29, 0.717) is 5.95 Å². The number of halogens is 3. The van der Waals surface area contributed by atoms with Gasteiger partial charge in [-0.3, -0.25) is 0 Å². The number of aromatic amines is 1. The van der Waals surface area contributed by atoms with E-state index in [9.17, 15) is 8.78 Å². The SMILES string of the molecule is CC(Nc1nc2ccc(Br)cc2[nH]1)c1c(F)cccc1F. The van der Waals surface area contributed by atoms with Crippen LogP contribution in [0.5, 0.6) is 0 Å². The number of imidazole rings is 1. The Kier molecular flexibility index (Phi) is 3.63. The maximum Gasteiger partial charge on any atom is 0.201 e. The summed E-state index contributed by atoms with van der Waals surface area (Å²) >= 11 is 3.38. The Hall–Kier alpha value is -1.95. The number of aromatic nitrogens is 2. The molecule has 108 valence electrons. The highest BCUT2D eigenvalue weighted by Crippen LogP contribution is 2.25. The van der Waals surface area contributed by atoms with Gasteiger partial charge in [0.25, 0.3) is 0 Å². The molecule has 0 aliphatic carbocycles. The predicted octanol–water partition coefficient (Wildman–Crippen LogP) is 4.78. The number of H-pyrrole nitrogens is 1. The number of nitrogens with one attached hydrogen (secondary N) is 2. The van der Waals surface area contributed by atoms with E-state index in [-0.39, 0.29) is 5.56 Å². The Morgan fingerprint density at radius 1 is 1.19 bits per heavy atom. The third-order valence-corrected chi connectivity index (χ3v) is 3.72. The first-order valence-electron chi connectivity index (χ1n) is 6.40. The lowest BCUT2D eigenvalue weighted by atomic mass is 10.1. The summed E-state index contributed by atoms with van der Waals surface area (Å²) in [6.07, 6.45) is 0. The van der Waals surface area contributed by atoms with Crippen LogP contribution in [0.25, 0.3) is 11.0 Å². The Balaban J connectivity index is 1.91. The molecule has 1 unspecified atom stereocenters. The van der Waals surface area contributed by atoms with Crippen LogP contribution in [-0.4, -0.2) is 9.97 Å². The second kappa shape index (κ2) is 5.44. The predicted molar refractivity (Wildman–Crippen MR) is 82.2 cm³/mol. The summed E-state index contributed by atoms with van der Waals surface area (Å²) < 4.78 is 28.4. The molecule has 0 saturated carbocycles.